The van der Waals surface area contributed by atoms with Gasteiger partial charge < -0.3 is 4.90 Å². The van der Waals surface area contributed by atoms with E-state index in [0.29, 0.717) is 16.9 Å². The van der Waals surface area contributed by atoms with E-state index < -0.39 is 0 Å². The van der Waals surface area contributed by atoms with Crippen LogP contribution in [0.15, 0.2) is 0 Å². The highest BCUT2D eigenvalue weighted by Gasteiger charge is 2.43. The Morgan fingerprint density at radius 1 is 1.26 bits per heavy atom. The SMILES string of the molecule is Cc1nn(C)c(C)c1C(=O)N1C2CCC1CC(Br)C2. The largest absolute Gasteiger partial charge is 0.332 e. The first-order chi connectivity index (χ1) is 8.99. The van der Waals surface area contributed by atoms with E-state index in [1.54, 1.807) is 0 Å². The van der Waals surface area contributed by atoms with Crippen LogP contribution in [-0.4, -0.2) is 37.5 Å². The van der Waals surface area contributed by atoms with Gasteiger partial charge in [-0.1, -0.05) is 15.9 Å². The van der Waals surface area contributed by atoms with Gasteiger partial charge in [-0.15, -0.1) is 0 Å². The molecule has 2 unspecified atom stereocenters. The Morgan fingerprint density at radius 2 is 1.84 bits per heavy atom. The smallest absolute Gasteiger partial charge is 0.258 e. The zero-order valence-electron chi connectivity index (χ0n) is 11.7. The fraction of sp³-hybridized carbons (Fsp3) is 0.714. The molecular weight excluding hydrogens is 306 g/mol. The van der Waals surface area contributed by atoms with Crippen LogP contribution in [0.3, 0.4) is 0 Å². The normalized spacial score (nSPS) is 29.9. The molecule has 0 aliphatic carbocycles. The average Bonchev–Trinajstić information content (AvgIpc) is 2.74. The van der Waals surface area contributed by atoms with Crippen LogP contribution >= 0.6 is 15.9 Å². The van der Waals surface area contributed by atoms with Crippen molar-refractivity contribution in [2.75, 3.05) is 0 Å². The Bertz CT molecular complexity index is 511. The minimum atomic E-state index is 0.190. The lowest BCUT2D eigenvalue weighted by Crippen LogP contribution is -2.47. The highest BCUT2D eigenvalue weighted by atomic mass is 79.9. The van der Waals surface area contributed by atoms with Crippen molar-refractivity contribution in [1.29, 1.82) is 0 Å². The van der Waals surface area contributed by atoms with Crippen molar-refractivity contribution in [2.24, 2.45) is 7.05 Å². The average molecular weight is 326 g/mol. The Labute approximate surface area is 122 Å². The van der Waals surface area contributed by atoms with Crippen LogP contribution in [0, 0.1) is 13.8 Å². The van der Waals surface area contributed by atoms with Gasteiger partial charge in [0.25, 0.3) is 5.91 Å². The topological polar surface area (TPSA) is 38.1 Å². The number of halogens is 1. The lowest BCUT2D eigenvalue weighted by Gasteiger charge is -2.37. The van der Waals surface area contributed by atoms with Crippen LogP contribution in [0.2, 0.25) is 0 Å². The number of piperidine rings is 1. The summed E-state index contributed by atoms with van der Waals surface area (Å²) in [6.07, 6.45) is 4.47. The van der Waals surface area contributed by atoms with Crippen molar-refractivity contribution in [3.63, 3.8) is 0 Å². The number of aromatic nitrogens is 2. The van der Waals surface area contributed by atoms with Crippen LogP contribution in [0.4, 0.5) is 0 Å². The molecule has 0 aromatic carbocycles. The molecule has 3 rings (SSSR count). The number of alkyl halides is 1. The summed E-state index contributed by atoms with van der Waals surface area (Å²) in [6, 6.07) is 0.823. The van der Waals surface area contributed by atoms with E-state index in [-0.39, 0.29) is 5.91 Å². The van der Waals surface area contributed by atoms with E-state index in [4.69, 9.17) is 0 Å². The molecule has 4 nitrogen and oxygen atoms in total. The number of hydrogen-bond donors (Lipinski definition) is 0. The third kappa shape index (κ3) is 2.02. The van der Waals surface area contributed by atoms with E-state index >= 15 is 0 Å². The molecule has 2 bridgehead atoms. The van der Waals surface area contributed by atoms with Gasteiger partial charge in [0, 0.05) is 29.7 Å². The number of hydrogen-bond acceptors (Lipinski definition) is 2. The van der Waals surface area contributed by atoms with Crippen molar-refractivity contribution in [1.82, 2.24) is 14.7 Å². The molecule has 3 heterocycles. The van der Waals surface area contributed by atoms with Gasteiger partial charge in [0.05, 0.1) is 11.3 Å². The first-order valence-electron chi connectivity index (χ1n) is 6.96. The predicted octanol–water partition coefficient (Wildman–Crippen LogP) is 2.57. The van der Waals surface area contributed by atoms with Gasteiger partial charge in [-0.05, 0) is 39.5 Å². The zero-order valence-corrected chi connectivity index (χ0v) is 13.3. The maximum atomic E-state index is 12.9. The van der Waals surface area contributed by atoms with Gasteiger partial charge in [0.1, 0.15) is 0 Å². The number of carbonyl (C=O) groups excluding carboxylic acids is 1. The maximum Gasteiger partial charge on any atom is 0.258 e. The summed E-state index contributed by atoms with van der Waals surface area (Å²) in [4.78, 5) is 15.6. The number of rotatable bonds is 1. The molecular formula is C14H20BrN3O. The van der Waals surface area contributed by atoms with E-state index in [9.17, 15) is 4.79 Å². The number of amides is 1. The monoisotopic (exact) mass is 325 g/mol. The summed E-state index contributed by atoms with van der Waals surface area (Å²) in [5, 5.41) is 4.37. The maximum absolute atomic E-state index is 12.9. The summed E-state index contributed by atoms with van der Waals surface area (Å²) in [6.45, 7) is 3.91. The van der Waals surface area contributed by atoms with Crippen molar-refractivity contribution >= 4 is 21.8 Å². The van der Waals surface area contributed by atoms with Gasteiger partial charge >= 0.3 is 0 Å². The number of carbonyl (C=O) groups is 1. The molecule has 19 heavy (non-hydrogen) atoms. The first kappa shape index (κ1) is 13.2. The summed E-state index contributed by atoms with van der Waals surface area (Å²) in [5.74, 6) is 0.190. The zero-order chi connectivity index (χ0) is 13.7. The van der Waals surface area contributed by atoms with Crippen molar-refractivity contribution in [3.8, 4) is 0 Å². The van der Waals surface area contributed by atoms with Crippen LogP contribution in [0.5, 0.6) is 0 Å². The molecule has 0 saturated carbocycles. The minimum absolute atomic E-state index is 0.190. The summed E-state index contributed by atoms with van der Waals surface area (Å²) < 4.78 is 1.81. The molecule has 2 fully saturated rings. The predicted molar refractivity (Wildman–Crippen MR) is 77.6 cm³/mol. The Hall–Kier alpha value is -0.840. The van der Waals surface area contributed by atoms with Gasteiger partial charge in [-0.25, -0.2) is 0 Å². The number of aryl methyl sites for hydroxylation is 2. The van der Waals surface area contributed by atoms with Gasteiger partial charge in [-0.2, -0.15) is 5.10 Å². The van der Waals surface area contributed by atoms with Crippen molar-refractivity contribution in [2.45, 2.75) is 56.4 Å². The second-order valence-electron chi connectivity index (χ2n) is 5.84. The molecule has 2 saturated heterocycles. The van der Waals surface area contributed by atoms with Crippen molar-refractivity contribution < 1.29 is 4.79 Å². The fourth-order valence-electron chi connectivity index (χ4n) is 3.65. The molecule has 5 heteroatoms. The van der Waals surface area contributed by atoms with Crippen LogP contribution in [0.1, 0.15) is 47.4 Å². The van der Waals surface area contributed by atoms with Gasteiger partial charge in [0.15, 0.2) is 0 Å². The van der Waals surface area contributed by atoms with Crippen LogP contribution in [-0.2, 0) is 7.05 Å². The second-order valence-corrected chi connectivity index (χ2v) is 7.13. The fourth-order valence-corrected chi connectivity index (χ4v) is 4.52. The number of nitrogens with zero attached hydrogens (tertiary/aromatic N) is 3. The highest BCUT2D eigenvalue weighted by molar-refractivity contribution is 9.09. The first-order valence-corrected chi connectivity index (χ1v) is 7.87. The molecule has 0 spiro atoms. The summed E-state index contributed by atoms with van der Waals surface area (Å²) in [5.41, 5.74) is 2.64. The highest BCUT2D eigenvalue weighted by Crippen LogP contribution is 2.39. The number of fused-ring (bicyclic) bond motifs is 2. The molecule has 104 valence electrons. The van der Waals surface area contributed by atoms with E-state index in [2.05, 4.69) is 25.9 Å². The molecule has 1 aromatic heterocycles. The lowest BCUT2D eigenvalue weighted by atomic mass is 10.0. The third-order valence-electron chi connectivity index (χ3n) is 4.63. The standard InChI is InChI=1S/C14H20BrN3O/c1-8-13(9(2)17(3)16-8)14(19)18-11-4-5-12(18)7-10(15)6-11/h10-12H,4-7H2,1-3H3. The molecule has 1 aromatic rings. The summed E-state index contributed by atoms with van der Waals surface area (Å²) in [7, 11) is 1.90. The van der Waals surface area contributed by atoms with E-state index in [0.717, 1.165) is 42.6 Å². The molecule has 2 aliphatic heterocycles. The minimum Gasteiger partial charge on any atom is -0.332 e. The Balaban J connectivity index is 1.93. The molecule has 0 radical (unpaired) electrons. The van der Waals surface area contributed by atoms with Crippen LogP contribution < -0.4 is 0 Å². The molecule has 1 amide bonds. The Morgan fingerprint density at radius 3 is 2.32 bits per heavy atom. The van der Waals surface area contributed by atoms with E-state index in [1.165, 1.54) is 0 Å². The quantitative estimate of drug-likeness (QED) is 0.744. The Kier molecular flexibility index (Phi) is 3.20. The van der Waals surface area contributed by atoms with Crippen molar-refractivity contribution in [3.05, 3.63) is 17.0 Å². The van der Waals surface area contributed by atoms with Gasteiger partial charge in [-0.3, -0.25) is 9.48 Å². The van der Waals surface area contributed by atoms with Crippen LogP contribution in [0.25, 0.3) is 0 Å². The second kappa shape index (κ2) is 4.62. The molecule has 2 atom stereocenters. The molecule has 2 aliphatic rings. The lowest BCUT2D eigenvalue weighted by molar-refractivity contribution is 0.0602. The molecule has 0 N–H and O–H groups in total. The third-order valence-corrected chi connectivity index (χ3v) is 5.38. The summed E-state index contributed by atoms with van der Waals surface area (Å²) >= 11 is 3.72. The van der Waals surface area contributed by atoms with Gasteiger partial charge in [0.2, 0.25) is 0 Å². The van der Waals surface area contributed by atoms with E-state index in [1.807, 2.05) is 25.6 Å².